The van der Waals surface area contributed by atoms with E-state index in [4.69, 9.17) is 30.8 Å². The van der Waals surface area contributed by atoms with Gasteiger partial charge in [-0.25, -0.2) is 9.78 Å². The summed E-state index contributed by atoms with van der Waals surface area (Å²) in [6.07, 6.45) is 7.77. The second-order valence-electron chi connectivity index (χ2n) is 8.91. The molecule has 5 heteroatoms. The molecule has 1 aliphatic carbocycles. The Labute approximate surface area is 171 Å². The number of fused-ring (bicyclic) bond motifs is 2. The Morgan fingerprint density at radius 3 is 2.64 bits per heavy atom. The van der Waals surface area contributed by atoms with E-state index in [9.17, 15) is 0 Å². The molecule has 0 N–H and O–H groups in total. The molecule has 4 fully saturated rings. The van der Waals surface area contributed by atoms with Gasteiger partial charge in [0.15, 0.2) is 5.60 Å². The van der Waals surface area contributed by atoms with Crippen LogP contribution in [-0.4, -0.2) is 17.7 Å². The van der Waals surface area contributed by atoms with E-state index >= 15 is 0 Å². The summed E-state index contributed by atoms with van der Waals surface area (Å²) in [5.74, 6) is 1.31. The van der Waals surface area contributed by atoms with Crippen molar-refractivity contribution in [2.45, 2.75) is 64.1 Å². The Kier molecular flexibility index (Phi) is 4.40. The Bertz CT molecular complexity index is 832. The standard InChI is InChI=1S/C23H27ClO4/c1-14-4-10-19-15(2)20(11-7-16-5-8-17(24)9-6-16)25-21-23(19)18(14)12-13-22(3,26-21)27-28-23/h5-9,11,14,18-19,21H,4,10,12-13H2,1-3H3/b11-7+/t14-,18+,19+,21-,22-,23-/m1/s1. The molecule has 4 nitrogen and oxygen atoms in total. The third-order valence-corrected chi connectivity index (χ3v) is 7.41. The number of hydrogen-bond donors (Lipinski definition) is 0. The smallest absolute Gasteiger partial charge is 0.235 e. The van der Waals surface area contributed by atoms with Crippen LogP contribution >= 0.6 is 11.6 Å². The maximum Gasteiger partial charge on any atom is 0.235 e. The van der Waals surface area contributed by atoms with Crippen LogP contribution in [-0.2, 0) is 19.2 Å². The van der Waals surface area contributed by atoms with Gasteiger partial charge in [-0.15, -0.1) is 0 Å². The molecule has 0 amide bonds. The first-order chi connectivity index (χ1) is 13.4. The van der Waals surface area contributed by atoms with Gasteiger partial charge in [0.05, 0.1) is 0 Å². The first kappa shape index (κ1) is 18.7. The number of benzene rings is 1. The first-order valence-electron chi connectivity index (χ1n) is 10.3. The van der Waals surface area contributed by atoms with E-state index in [1.165, 1.54) is 12.0 Å². The molecule has 0 aromatic heterocycles. The average molecular weight is 403 g/mol. The fourth-order valence-corrected chi connectivity index (χ4v) is 5.68. The minimum absolute atomic E-state index is 0.236. The Morgan fingerprint density at radius 1 is 1.07 bits per heavy atom. The van der Waals surface area contributed by atoms with Gasteiger partial charge in [0.1, 0.15) is 5.76 Å². The van der Waals surface area contributed by atoms with Gasteiger partial charge in [0, 0.05) is 23.3 Å². The lowest BCUT2D eigenvalue weighted by atomic mass is 9.59. The van der Waals surface area contributed by atoms with Crippen LogP contribution in [0.4, 0.5) is 0 Å². The van der Waals surface area contributed by atoms with Gasteiger partial charge in [-0.05, 0) is 68.4 Å². The van der Waals surface area contributed by atoms with Crippen molar-refractivity contribution in [2.24, 2.45) is 17.8 Å². The molecule has 1 spiro atoms. The van der Waals surface area contributed by atoms with Crippen molar-refractivity contribution in [3.8, 4) is 0 Å². The molecule has 3 saturated heterocycles. The van der Waals surface area contributed by atoms with Crippen LogP contribution in [0, 0.1) is 17.8 Å². The summed E-state index contributed by atoms with van der Waals surface area (Å²) in [6, 6.07) is 7.79. The van der Waals surface area contributed by atoms with Crippen molar-refractivity contribution in [3.05, 3.63) is 52.3 Å². The number of allylic oxidation sites excluding steroid dienone is 1. The van der Waals surface area contributed by atoms with Crippen LogP contribution in [0.25, 0.3) is 6.08 Å². The highest BCUT2D eigenvalue weighted by atomic mass is 35.5. The van der Waals surface area contributed by atoms with Crippen LogP contribution in [0.5, 0.6) is 0 Å². The maximum atomic E-state index is 6.44. The second-order valence-corrected chi connectivity index (χ2v) is 9.34. The van der Waals surface area contributed by atoms with Crippen molar-refractivity contribution in [1.82, 2.24) is 0 Å². The van der Waals surface area contributed by atoms with Crippen LogP contribution in [0.1, 0.15) is 52.0 Å². The number of halogens is 1. The number of rotatable bonds is 2. The lowest BCUT2D eigenvalue weighted by Gasteiger charge is -2.57. The predicted octanol–water partition coefficient (Wildman–Crippen LogP) is 5.87. The zero-order valence-electron chi connectivity index (χ0n) is 16.6. The Balaban J connectivity index is 1.53. The third-order valence-electron chi connectivity index (χ3n) is 7.16. The van der Waals surface area contributed by atoms with Crippen LogP contribution in [0.3, 0.4) is 0 Å². The van der Waals surface area contributed by atoms with Gasteiger partial charge in [0.2, 0.25) is 12.1 Å². The zero-order chi connectivity index (χ0) is 19.5. The quantitative estimate of drug-likeness (QED) is 0.579. The lowest BCUT2D eigenvalue weighted by Crippen LogP contribution is -2.66. The minimum Gasteiger partial charge on any atom is -0.462 e. The second kappa shape index (κ2) is 6.60. The van der Waals surface area contributed by atoms with Gasteiger partial charge < -0.3 is 9.47 Å². The van der Waals surface area contributed by atoms with Crippen LogP contribution < -0.4 is 0 Å². The van der Waals surface area contributed by atoms with Crippen molar-refractivity contribution < 1.29 is 19.2 Å². The highest BCUT2D eigenvalue weighted by molar-refractivity contribution is 6.30. The first-order valence-corrected chi connectivity index (χ1v) is 10.6. The summed E-state index contributed by atoms with van der Waals surface area (Å²) in [7, 11) is 0. The fraction of sp³-hybridized carbons (Fsp3) is 0.565. The molecule has 1 aromatic carbocycles. The molecule has 4 heterocycles. The molecule has 0 radical (unpaired) electrons. The van der Waals surface area contributed by atoms with Crippen LogP contribution in [0.15, 0.2) is 41.7 Å². The fourth-order valence-electron chi connectivity index (χ4n) is 5.55. The van der Waals surface area contributed by atoms with E-state index < -0.39 is 17.7 Å². The maximum absolute atomic E-state index is 6.44. The number of ether oxygens (including phenoxy) is 2. The van der Waals surface area contributed by atoms with E-state index in [2.05, 4.69) is 19.9 Å². The molecular weight excluding hydrogens is 376 g/mol. The van der Waals surface area contributed by atoms with E-state index in [1.807, 2.05) is 37.3 Å². The summed E-state index contributed by atoms with van der Waals surface area (Å²) >= 11 is 5.99. The zero-order valence-corrected chi connectivity index (χ0v) is 17.4. The summed E-state index contributed by atoms with van der Waals surface area (Å²) in [5, 5.41) is 0.735. The van der Waals surface area contributed by atoms with Gasteiger partial charge in [0.25, 0.3) is 0 Å². The normalized spacial score (nSPS) is 42.3. The number of hydrogen-bond acceptors (Lipinski definition) is 4. The molecule has 0 unspecified atom stereocenters. The molecule has 5 aliphatic rings. The summed E-state index contributed by atoms with van der Waals surface area (Å²) in [6.45, 7) is 6.44. The Hall–Kier alpha value is -1.33. The van der Waals surface area contributed by atoms with Gasteiger partial charge >= 0.3 is 0 Å². The SMILES string of the molecule is CC1=C(/C=C/c2ccc(Cl)cc2)O[C@@H]2O[C@@]3(C)CC[C@H]4[C@H](C)CC[C@@H]1[C@@]24OO3. The highest BCUT2D eigenvalue weighted by Crippen LogP contribution is 2.60. The van der Waals surface area contributed by atoms with Gasteiger partial charge in [-0.1, -0.05) is 36.7 Å². The molecule has 6 rings (SSSR count). The Morgan fingerprint density at radius 2 is 1.86 bits per heavy atom. The van der Waals surface area contributed by atoms with Crippen molar-refractivity contribution >= 4 is 17.7 Å². The molecule has 150 valence electrons. The van der Waals surface area contributed by atoms with Crippen molar-refractivity contribution in [1.29, 1.82) is 0 Å². The van der Waals surface area contributed by atoms with Crippen molar-refractivity contribution in [2.75, 3.05) is 0 Å². The molecule has 1 aromatic rings. The lowest BCUT2D eigenvalue weighted by molar-refractivity contribution is -0.555. The third kappa shape index (κ3) is 2.77. The topological polar surface area (TPSA) is 36.9 Å². The summed E-state index contributed by atoms with van der Waals surface area (Å²) < 4.78 is 12.8. The predicted molar refractivity (Wildman–Crippen MR) is 107 cm³/mol. The van der Waals surface area contributed by atoms with Gasteiger partial charge in [-0.3, -0.25) is 0 Å². The van der Waals surface area contributed by atoms with E-state index in [1.54, 1.807) is 0 Å². The molecule has 4 aliphatic heterocycles. The molecule has 6 atom stereocenters. The highest BCUT2D eigenvalue weighted by Gasteiger charge is 2.68. The summed E-state index contributed by atoms with van der Waals surface area (Å²) in [4.78, 5) is 12.0. The van der Waals surface area contributed by atoms with E-state index in [0.717, 1.165) is 35.6 Å². The monoisotopic (exact) mass is 402 g/mol. The molecular formula is C23H27ClO4. The van der Waals surface area contributed by atoms with Crippen LogP contribution in [0.2, 0.25) is 5.02 Å². The van der Waals surface area contributed by atoms with E-state index in [0.29, 0.717) is 11.8 Å². The summed E-state index contributed by atoms with van der Waals surface area (Å²) in [5.41, 5.74) is 1.75. The minimum atomic E-state index is -0.742. The largest absolute Gasteiger partial charge is 0.462 e. The van der Waals surface area contributed by atoms with E-state index in [-0.39, 0.29) is 5.92 Å². The van der Waals surface area contributed by atoms with Crippen molar-refractivity contribution in [3.63, 3.8) is 0 Å². The molecule has 28 heavy (non-hydrogen) atoms. The average Bonchev–Trinajstić information content (AvgIpc) is 2.91. The van der Waals surface area contributed by atoms with Gasteiger partial charge in [-0.2, -0.15) is 0 Å². The molecule has 2 bridgehead atoms. The molecule has 1 saturated carbocycles.